The second-order valence-corrected chi connectivity index (χ2v) is 5.54. The molecule has 0 aliphatic carbocycles. The first-order chi connectivity index (χ1) is 8.22. The number of halogens is 1. The maximum atomic E-state index is 12.4. The summed E-state index contributed by atoms with van der Waals surface area (Å²) >= 11 is 1.66. The molecule has 1 aliphatic rings. The smallest absolute Gasteiger partial charge is 0.115 e. The van der Waals surface area contributed by atoms with E-state index < -0.39 is 6.67 Å². The number of benzene rings is 1. The first-order valence-electron chi connectivity index (χ1n) is 6.00. The Bertz CT molecular complexity index is 357. The van der Waals surface area contributed by atoms with Gasteiger partial charge in [-0.05, 0) is 42.5 Å². The topological polar surface area (TPSA) is 23.5 Å². The quantitative estimate of drug-likeness (QED) is 0.837. The van der Waals surface area contributed by atoms with Crippen LogP contribution in [0.1, 0.15) is 25.3 Å². The molecule has 1 aliphatic heterocycles. The summed E-state index contributed by atoms with van der Waals surface area (Å²) in [5, 5.41) is 9.66. The van der Waals surface area contributed by atoms with Crippen LogP contribution >= 0.6 is 11.9 Å². The van der Waals surface area contributed by atoms with E-state index in [0.29, 0.717) is 18.2 Å². The molecule has 0 aromatic heterocycles. The van der Waals surface area contributed by atoms with Gasteiger partial charge in [0.15, 0.2) is 0 Å². The number of hydrogen-bond donors (Lipinski definition) is 1. The van der Waals surface area contributed by atoms with Crippen molar-refractivity contribution in [1.82, 2.24) is 4.31 Å². The monoisotopic (exact) mass is 255 g/mol. The molecule has 0 radical (unpaired) electrons. The molecule has 17 heavy (non-hydrogen) atoms. The zero-order valence-electron chi connectivity index (χ0n) is 9.97. The van der Waals surface area contributed by atoms with Crippen molar-refractivity contribution in [3.63, 3.8) is 0 Å². The van der Waals surface area contributed by atoms with Crippen LogP contribution in [0.4, 0.5) is 4.39 Å². The summed E-state index contributed by atoms with van der Waals surface area (Å²) in [7, 11) is 0. The molecule has 2 nitrogen and oxygen atoms in total. The lowest BCUT2D eigenvalue weighted by atomic mass is 10.2. The average Bonchev–Trinajstić information content (AvgIpc) is 2.70. The SMILES string of the molecule is CC[C@@H]1C[C@@H](O)CN1Sc1ccc(CF)cc1. The Morgan fingerprint density at radius 2 is 2.12 bits per heavy atom. The van der Waals surface area contributed by atoms with Crippen LogP contribution in [0.2, 0.25) is 0 Å². The summed E-state index contributed by atoms with van der Waals surface area (Å²) in [6.45, 7) is 2.45. The van der Waals surface area contributed by atoms with Crippen molar-refractivity contribution < 1.29 is 9.50 Å². The fourth-order valence-electron chi connectivity index (χ4n) is 2.12. The highest BCUT2D eigenvalue weighted by Gasteiger charge is 2.30. The van der Waals surface area contributed by atoms with E-state index in [-0.39, 0.29) is 6.10 Å². The van der Waals surface area contributed by atoms with E-state index in [1.165, 1.54) is 0 Å². The molecule has 4 heteroatoms. The number of aliphatic hydroxyl groups is 1. The van der Waals surface area contributed by atoms with Gasteiger partial charge in [0.25, 0.3) is 0 Å². The fourth-order valence-corrected chi connectivity index (χ4v) is 3.28. The number of rotatable bonds is 4. The van der Waals surface area contributed by atoms with Gasteiger partial charge in [-0.2, -0.15) is 0 Å². The molecule has 0 saturated carbocycles. The maximum absolute atomic E-state index is 12.4. The van der Waals surface area contributed by atoms with Crippen molar-refractivity contribution in [1.29, 1.82) is 0 Å². The van der Waals surface area contributed by atoms with Crippen LogP contribution in [-0.4, -0.2) is 28.1 Å². The molecule has 2 rings (SSSR count). The van der Waals surface area contributed by atoms with Gasteiger partial charge < -0.3 is 5.11 Å². The summed E-state index contributed by atoms with van der Waals surface area (Å²) in [6.07, 6.45) is 1.69. The first-order valence-corrected chi connectivity index (χ1v) is 6.78. The van der Waals surface area contributed by atoms with Crippen LogP contribution < -0.4 is 0 Å². The van der Waals surface area contributed by atoms with E-state index in [0.717, 1.165) is 17.7 Å². The van der Waals surface area contributed by atoms with Crippen LogP contribution in [0.25, 0.3) is 0 Å². The van der Waals surface area contributed by atoms with Crippen LogP contribution in [0.3, 0.4) is 0 Å². The van der Waals surface area contributed by atoms with Gasteiger partial charge in [-0.1, -0.05) is 19.1 Å². The zero-order valence-corrected chi connectivity index (χ0v) is 10.8. The molecule has 1 aromatic rings. The number of alkyl halides is 1. The van der Waals surface area contributed by atoms with Gasteiger partial charge in [-0.25, -0.2) is 8.70 Å². The Morgan fingerprint density at radius 3 is 2.71 bits per heavy atom. The van der Waals surface area contributed by atoms with Crippen molar-refractivity contribution in [2.75, 3.05) is 6.54 Å². The van der Waals surface area contributed by atoms with Gasteiger partial charge in [-0.3, -0.25) is 0 Å². The van der Waals surface area contributed by atoms with E-state index in [1.54, 1.807) is 11.9 Å². The molecule has 0 amide bonds. The molecular weight excluding hydrogens is 237 g/mol. The third-order valence-corrected chi connectivity index (χ3v) is 4.28. The second kappa shape index (κ2) is 5.85. The molecule has 2 atom stereocenters. The number of aliphatic hydroxyl groups excluding tert-OH is 1. The predicted molar refractivity (Wildman–Crippen MR) is 68.5 cm³/mol. The Morgan fingerprint density at radius 1 is 1.41 bits per heavy atom. The molecule has 94 valence electrons. The summed E-state index contributed by atoms with van der Waals surface area (Å²) in [5.41, 5.74) is 0.711. The molecular formula is C13H18FNOS. The molecule has 0 bridgehead atoms. The predicted octanol–water partition coefficient (Wildman–Crippen LogP) is 3.01. The zero-order chi connectivity index (χ0) is 12.3. The summed E-state index contributed by atoms with van der Waals surface area (Å²) in [4.78, 5) is 1.11. The lowest BCUT2D eigenvalue weighted by molar-refractivity contribution is 0.189. The molecule has 1 heterocycles. The van der Waals surface area contributed by atoms with Gasteiger partial charge in [0.05, 0.1) is 6.10 Å². The summed E-state index contributed by atoms with van der Waals surface area (Å²) in [6, 6.07) is 7.95. The third-order valence-electron chi connectivity index (χ3n) is 3.11. The average molecular weight is 255 g/mol. The van der Waals surface area contributed by atoms with Crippen LogP contribution in [0.15, 0.2) is 29.2 Å². The minimum absolute atomic E-state index is 0.211. The van der Waals surface area contributed by atoms with Crippen molar-refractivity contribution in [2.24, 2.45) is 0 Å². The van der Waals surface area contributed by atoms with Crippen molar-refractivity contribution in [3.05, 3.63) is 29.8 Å². The van der Waals surface area contributed by atoms with Crippen molar-refractivity contribution >= 4 is 11.9 Å². The van der Waals surface area contributed by atoms with Crippen LogP contribution in [-0.2, 0) is 6.67 Å². The van der Waals surface area contributed by atoms with Crippen molar-refractivity contribution in [3.8, 4) is 0 Å². The molecule has 1 fully saturated rings. The second-order valence-electron chi connectivity index (χ2n) is 4.42. The number of hydrogen-bond acceptors (Lipinski definition) is 3. The Kier molecular flexibility index (Phi) is 4.42. The van der Waals surface area contributed by atoms with Gasteiger partial charge >= 0.3 is 0 Å². The van der Waals surface area contributed by atoms with E-state index in [1.807, 2.05) is 24.3 Å². The van der Waals surface area contributed by atoms with Gasteiger partial charge in [0.2, 0.25) is 0 Å². The Hall–Kier alpha value is -0.580. The van der Waals surface area contributed by atoms with E-state index in [2.05, 4.69) is 11.2 Å². The molecule has 1 aromatic carbocycles. The third kappa shape index (κ3) is 3.21. The maximum Gasteiger partial charge on any atom is 0.115 e. The Labute approximate surface area is 106 Å². The largest absolute Gasteiger partial charge is 0.392 e. The lowest BCUT2D eigenvalue weighted by Gasteiger charge is -2.21. The number of β-amino-alcohol motifs (C(OH)–C–C–N with tert-alkyl or cyclic N) is 1. The highest BCUT2D eigenvalue weighted by Crippen LogP contribution is 2.32. The van der Waals surface area contributed by atoms with Gasteiger partial charge in [0, 0.05) is 17.5 Å². The fraction of sp³-hybridized carbons (Fsp3) is 0.538. The van der Waals surface area contributed by atoms with E-state index in [4.69, 9.17) is 0 Å². The van der Waals surface area contributed by atoms with E-state index >= 15 is 0 Å². The standard InChI is InChI=1S/C13H18FNOS/c1-2-11-7-12(16)9-15(11)17-13-5-3-10(8-14)4-6-13/h3-6,11-12,16H,2,7-9H2,1H3/t11-,12-/m1/s1. The van der Waals surface area contributed by atoms with E-state index in [9.17, 15) is 9.50 Å². The van der Waals surface area contributed by atoms with Gasteiger partial charge in [0.1, 0.15) is 6.67 Å². The van der Waals surface area contributed by atoms with Crippen LogP contribution in [0.5, 0.6) is 0 Å². The van der Waals surface area contributed by atoms with Crippen molar-refractivity contribution in [2.45, 2.75) is 43.5 Å². The first kappa shape index (κ1) is 12.9. The summed E-state index contributed by atoms with van der Waals surface area (Å²) < 4.78 is 14.6. The minimum Gasteiger partial charge on any atom is -0.392 e. The molecule has 0 spiro atoms. The summed E-state index contributed by atoms with van der Waals surface area (Å²) in [5.74, 6) is 0. The molecule has 0 unspecified atom stereocenters. The highest BCUT2D eigenvalue weighted by molar-refractivity contribution is 7.97. The number of nitrogens with zero attached hydrogens (tertiary/aromatic N) is 1. The minimum atomic E-state index is -0.412. The molecule has 1 N–H and O–H groups in total. The molecule has 1 saturated heterocycles. The normalized spacial score (nSPS) is 25.4. The Balaban J connectivity index is 1.99. The van der Waals surface area contributed by atoms with Crippen LogP contribution in [0, 0.1) is 0 Å². The lowest BCUT2D eigenvalue weighted by Crippen LogP contribution is -2.21. The highest BCUT2D eigenvalue weighted by atomic mass is 32.2. The van der Waals surface area contributed by atoms with Gasteiger partial charge in [-0.15, -0.1) is 0 Å².